The van der Waals surface area contributed by atoms with Gasteiger partial charge in [-0.25, -0.2) is 0 Å². The zero-order chi connectivity index (χ0) is 28.7. The number of amides is 3. The molecule has 0 spiro atoms. The van der Waals surface area contributed by atoms with E-state index in [0.717, 1.165) is 16.3 Å². The highest BCUT2D eigenvalue weighted by atomic mass is 32.1. The lowest BCUT2D eigenvalue weighted by Crippen LogP contribution is -2.49. The first kappa shape index (κ1) is 28.3. The predicted molar refractivity (Wildman–Crippen MR) is 160 cm³/mol. The number of hydrazine groups is 1. The molecule has 9 heteroatoms. The van der Waals surface area contributed by atoms with E-state index in [1.165, 1.54) is 0 Å². The van der Waals surface area contributed by atoms with Gasteiger partial charge in [-0.15, -0.1) is 0 Å². The van der Waals surface area contributed by atoms with Gasteiger partial charge >= 0.3 is 0 Å². The van der Waals surface area contributed by atoms with Crippen molar-refractivity contribution in [2.24, 2.45) is 0 Å². The smallest absolute Gasteiger partial charge is 0.269 e. The van der Waals surface area contributed by atoms with E-state index in [2.05, 4.69) is 42.3 Å². The summed E-state index contributed by atoms with van der Waals surface area (Å²) < 4.78 is 5.54. The number of carbonyl (C=O) groups excluding carboxylic acids is 3. The van der Waals surface area contributed by atoms with Crippen LogP contribution in [0.25, 0.3) is 10.8 Å². The van der Waals surface area contributed by atoms with Crippen molar-refractivity contribution in [2.45, 2.75) is 26.2 Å². The van der Waals surface area contributed by atoms with Gasteiger partial charge in [0.25, 0.3) is 17.7 Å². The molecular weight excluding hydrogens is 524 g/mol. The highest BCUT2D eigenvalue weighted by molar-refractivity contribution is 7.80. The van der Waals surface area contributed by atoms with Crippen molar-refractivity contribution in [3.05, 3.63) is 108 Å². The molecule has 0 aliphatic carbocycles. The van der Waals surface area contributed by atoms with Crippen molar-refractivity contribution in [3.63, 3.8) is 0 Å². The molecule has 0 fully saturated rings. The minimum atomic E-state index is -0.479. The Morgan fingerprint density at radius 1 is 0.750 bits per heavy atom. The number of hydrogen-bond donors (Lipinski definition) is 4. The summed E-state index contributed by atoms with van der Waals surface area (Å²) in [6, 6.07) is 27.2. The molecule has 0 saturated carbocycles. The molecule has 0 unspecified atom stereocenters. The fourth-order valence-corrected chi connectivity index (χ4v) is 3.98. The number of anilines is 1. The van der Waals surface area contributed by atoms with E-state index in [1.807, 2.05) is 48.5 Å². The third-order valence-corrected chi connectivity index (χ3v) is 6.26. The zero-order valence-corrected chi connectivity index (χ0v) is 23.2. The normalized spacial score (nSPS) is 10.9. The molecule has 3 amide bonds. The van der Waals surface area contributed by atoms with Crippen molar-refractivity contribution in [1.82, 2.24) is 16.2 Å². The summed E-state index contributed by atoms with van der Waals surface area (Å²) in [6.07, 6.45) is 0. The standard InChI is InChI=1S/C31H30N4O4S/c1-31(2,3)24-13-8-21(9-14-24)28(37)32-25-15-10-22(11-16-25)29(38)34-35-30(40)33-27(36)19-39-26-17-12-20-6-4-5-7-23(20)18-26/h4-18H,19H2,1-3H3,(H,32,37)(H,34,38)(H2,33,35,36,40). The van der Waals surface area contributed by atoms with E-state index in [4.69, 9.17) is 17.0 Å². The molecule has 204 valence electrons. The quantitative estimate of drug-likeness (QED) is 0.195. The maximum Gasteiger partial charge on any atom is 0.269 e. The Morgan fingerprint density at radius 2 is 1.38 bits per heavy atom. The lowest BCUT2D eigenvalue weighted by molar-refractivity contribution is -0.121. The largest absolute Gasteiger partial charge is 0.484 e. The summed E-state index contributed by atoms with van der Waals surface area (Å²) in [6.45, 7) is 6.09. The number of thiocarbonyl (C=S) groups is 1. The average molecular weight is 555 g/mol. The van der Waals surface area contributed by atoms with Crippen LogP contribution in [-0.2, 0) is 10.2 Å². The molecule has 4 rings (SSSR count). The number of nitrogens with one attached hydrogen (secondary N) is 4. The highest BCUT2D eigenvalue weighted by Gasteiger charge is 2.15. The van der Waals surface area contributed by atoms with Crippen LogP contribution < -0.4 is 26.2 Å². The van der Waals surface area contributed by atoms with E-state index in [9.17, 15) is 14.4 Å². The van der Waals surface area contributed by atoms with Gasteiger partial charge in [-0.3, -0.25) is 30.6 Å². The van der Waals surface area contributed by atoms with Gasteiger partial charge in [0, 0.05) is 16.8 Å². The summed E-state index contributed by atoms with van der Waals surface area (Å²) in [5, 5.41) is 7.26. The first-order chi connectivity index (χ1) is 19.1. The SMILES string of the molecule is CC(C)(C)c1ccc(C(=O)Nc2ccc(C(=O)NNC(=S)NC(=O)COc3ccc4ccccc4c3)cc2)cc1. The van der Waals surface area contributed by atoms with Crippen LogP contribution in [-0.4, -0.2) is 29.4 Å². The summed E-state index contributed by atoms with van der Waals surface area (Å²) in [7, 11) is 0. The van der Waals surface area contributed by atoms with Gasteiger partial charge in [-0.2, -0.15) is 0 Å². The molecule has 8 nitrogen and oxygen atoms in total. The van der Waals surface area contributed by atoms with Crippen molar-refractivity contribution >= 4 is 51.5 Å². The van der Waals surface area contributed by atoms with E-state index < -0.39 is 11.8 Å². The second-order valence-electron chi connectivity index (χ2n) is 10.1. The Labute approximate surface area is 238 Å². The van der Waals surface area contributed by atoms with Crippen molar-refractivity contribution in [3.8, 4) is 5.75 Å². The summed E-state index contributed by atoms with van der Waals surface area (Å²) in [5.41, 5.74) is 7.47. The van der Waals surface area contributed by atoms with E-state index >= 15 is 0 Å². The van der Waals surface area contributed by atoms with Gasteiger partial charge in [-0.1, -0.05) is 63.2 Å². The van der Waals surface area contributed by atoms with Crippen LogP contribution in [0, 0.1) is 0 Å². The van der Waals surface area contributed by atoms with Gasteiger partial charge in [0.1, 0.15) is 5.75 Å². The summed E-state index contributed by atoms with van der Waals surface area (Å²) >= 11 is 5.07. The Hall–Kier alpha value is -4.76. The van der Waals surface area contributed by atoms with Crippen LogP contribution in [0.5, 0.6) is 5.75 Å². The van der Waals surface area contributed by atoms with Crippen molar-refractivity contribution in [1.29, 1.82) is 0 Å². The Morgan fingerprint density at radius 3 is 2.05 bits per heavy atom. The molecular formula is C31H30N4O4S. The van der Waals surface area contributed by atoms with Crippen molar-refractivity contribution < 1.29 is 19.1 Å². The third-order valence-electron chi connectivity index (χ3n) is 6.05. The molecule has 0 atom stereocenters. The van der Waals surface area contributed by atoms with Crippen LogP contribution in [0.15, 0.2) is 91.0 Å². The monoisotopic (exact) mass is 554 g/mol. The minimum absolute atomic E-state index is 0.00242. The van der Waals surface area contributed by atoms with Crippen LogP contribution in [0.2, 0.25) is 0 Å². The Balaban J connectivity index is 1.21. The number of benzene rings is 4. The van der Waals surface area contributed by atoms with Gasteiger partial charge in [0.2, 0.25) is 0 Å². The molecule has 0 aromatic heterocycles. The summed E-state index contributed by atoms with van der Waals surface area (Å²) in [4.78, 5) is 37.2. The molecule has 0 aliphatic heterocycles. The van der Waals surface area contributed by atoms with Crippen LogP contribution in [0.3, 0.4) is 0 Å². The molecule has 0 bridgehead atoms. The Bertz CT molecular complexity index is 1540. The summed E-state index contributed by atoms with van der Waals surface area (Å²) in [5.74, 6) is -0.642. The van der Waals surface area contributed by atoms with E-state index in [-0.39, 0.29) is 23.0 Å². The third kappa shape index (κ3) is 7.64. The van der Waals surface area contributed by atoms with Gasteiger partial charge < -0.3 is 10.1 Å². The molecule has 4 aromatic rings. The first-order valence-electron chi connectivity index (χ1n) is 12.6. The first-order valence-corrected chi connectivity index (χ1v) is 13.0. The second kappa shape index (κ2) is 12.4. The number of fused-ring (bicyclic) bond motifs is 1. The molecule has 4 aromatic carbocycles. The van der Waals surface area contributed by atoms with Gasteiger partial charge in [-0.05, 0) is 82.5 Å². The second-order valence-corrected chi connectivity index (χ2v) is 10.5. The number of hydrogen-bond acceptors (Lipinski definition) is 5. The van der Waals surface area contributed by atoms with Crippen molar-refractivity contribution in [2.75, 3.05) is 11.9 Å². The topological polar surface area (TPSA) is 109 Å². The fourth-order valence-electron chi connectivity index (χ4n) is 3.82. The van der Waals surface area contributed by atoms with E-state index in [0.29, 0.717) is 22.6 Å². The molecule has 4 N–H and O–H groups in total. The predicted octanol–water partition coefficient (Wildman–Crippen LogP) is 5.10. The van der Waals surface area contributed by atoms with Crippen LogP contribution >= 0.6 is 12.2 Å². The molecule has 0 heterocycles. The minimum Gasteiger partial charge on any atom is -0.484 e. The van der Waals surface area contributed by atoms with Gasteiger partial charge in [0.05, 0.1) is 0 Å². The van der Waals surface area contributed by atoms with Gasteiger partial charge in [0.15, 0.2) is 11.7 Å². The lowest BCUT2D eigenvalue weighted by atomic mass is 9.87. The zero-order valence-electron chi connectivity index (χ0n) is 22.4. The van der Waals surface area contributed by atoms with Crippen LogP contribution in [0.1, 0.15) is 47.1 Å². The number of carbonyl (C=O) groups is 3. The van der Waals surface area contributed by atoms with E-state index in [1.54, 1.807) is 42.5 Å². The number of rotatable bonds is 6. The maximum atomic E-state index is 12.6. The Kier molecular flexibility index (Phi) is 8.76. The molecule has 40 heavy (non-hydrogen) atoms. The lowest BCUT2D eigenvalue weighted by Gasteiger charge is -2.19. The molecule has 0 radical (unpaired) electrons. The number of ether oxygens (including phenoxy) is 1. The van der Waals surface area contributed by atoms with Crippen LogP contribution in [0.4, 0.5) is 5.69 Å². The fraction of sp³-hybridized carbons (Fsp3) is 0.161. The molecule has 0 saturated heterocycles. The molecule has 0 aliphatic rings. The highest BCUT2D eigenvalue weighted by Crippen LogP contribution is 2.23. The average Bonchev–Trinajstić information content (AvgIpc) is 2.94. The maximum absolute atomic E-state index is 12.6.